The van der Waals surface area contributed by atoms with Gasteiger partial charge in [-0.25, -0.2) is 0 Å². The maximum atomic E-state index is 11.7. The van der Waals surface area contributed by atoms with Gasteiger partial charge in [0, 0.05) is 32.1 Å². The number of Topliss-reactive ketones (excluding diaryl/α,β-unsaturated/α-hetero) is 3. The molecule has 0 amide bonds. The maximum Gasteiger partial charge on any atom is 0.159 e. The standard InChI is InChI=1S/C12H22O2.C12H20O/c1-4-6-11(13)8-10(3)9-12(14)7-5-2;1-4-6-10-7-9(3)8-12(13)11(10)5-2/h10H,4-9H2,1-3H3;9H,4-8H2,1-3H3. The van der Waals surface area contributed by atoms with Crippen LogP contribution in [0.5, 0.6) is 0 Å². The zero-order valence-corrected chi connectivity index (χ0v) is 18.7. The van der Waals surface area contributed by atoms with E-state index >= 15 is 0 Å². The fraction of sp³-hybridized carbons (Fsp3) is 0.792. The lowest BCUT2D eigenvalue weighted by Crippen LogP contribution is -2.17. The first-order valence-electron chi connectivity index (χ1n) is 11.1. The Hall–Kier alpha value is -1.25. The molecule has 3 heteroatoms. The van der Waals surface area contributed by atoms with Gasteiger partial charge in [0.1, 0.15) is 11.6 Å². The summed E-state index contributed by atoms with van der Waals surface area (Å²) in [6.07, 6.45) is 9.44. The van der Waals surface area contributed by atoms with Crippen molar-refractivity contribution in [1.29, 1.82) is 0 Å². The maximum absolute atomic E-state index is 11.7. The number of carbonyl (C=O) groups excluding carboxylic acids is 3. The Bertz CT molecular complexity index is 482. The summed E-state index contributed by atoms with van der Waals surface area (Å²) in [4.78, 5) is 34.2. The van der Waals surface area contributed by atoms with Crippen LogP contribution in [0.1, 0.15) is 112 Å². The Morgan fingerprint density at radius 3 is 1.85 bits per heavy atom. The van der Waals surface area contributed by atoms with Crippen molar-refractivity contribution in [2.45, 2.75) is 112 Å². The van der Waals surface area contributed by atoms with Crippen molar-refractivity contribution in [1.82, 2.24) is 0 Å². The second-order valence-corrected chi connectivity index (χ2v) is 8.21. The molecule has 1 aliphatic rings. The Balaban J connectivity index is 0.000000501. The average molecular weight is 379 g/mol. The van der Waals surface area contributed by atoms with Crippen molar-refractivity contribution in [3.63, 3.8) is 0 Å². The summed E-state index contributed by atoms with van der Waals surface area (Å²) in [6, 6.07) is 0. The van der Waals surface area contributed by atoms with Crippen LogP contribution in [0.3, 0.4) is 0 Å². The molecule has 0 bridgehead atoms. The number of hydrogen-bond acceptors (Lipinski definition) is 3. The number of rotatable bonds is 11. The van der Waals surface area contributed by atoms with E-state index in [9.17, 15) is 14.4 Å². The highest BCUT2D eigenvalue weighted by Crippen LogP contribution is 2.30. The molecular formula is C24H42O3. The molecular weight excluding hydrogens is 336 g/mol. The van der Waals surface area contributed by atoms with Gasteiger partial charge in [0.05, 0.1) is 0 Å². The van der Waals surface area contributed by atoms with Gasteiger partial charge in [-0.2, -0.15) is 0 Å². The first kappa shape index (κ1) is 25.8. The van der Waals surface area contributed by atoms with Gasteiger partial charge >= 0.3 is 0 Å². The third kappa shape index (κ3) is 11.2. The molecule has 27 heavy (non-hydrogen) atoms. The molecule has 1 atom stereocenters. The SMILES string of the molecule is CCCC(=O)CC(C)CC(=O)CCC.CCCC1=C(CC)C(=O)CC(C)C1. The van der Waals surface area contributed by atoms with Gasteiger partial charge in [-0.3, -0.25) is 14.4 Å². The molecule has 0 spiro atoms. The normalized spacial score (nSPS) is 17.0. The highest BCUT2D eigenvalue weighted by atomic mass is 16.1. The summed E-state index contributed by atoms with van der Waals surface area (Å²) < 4.78 is 0. The molecule has 3 nitrogen and oxygen atoms in total. The minimum absolute atomic E-state index is 0.230. The van der Waals surface area contributed by atoms with Gasteiger partial charge in [0.25, 0.3) is 0 Å². The van der Waals surface area contributed by atoms with Crippen LogP contribution in [0.15, 0.2) is 11.1 Å². The molecule has 0 aromatic heterocycles. The van der Waals surface area contributed by atoms with Gasteiger partial charge < -0.3 is 0 Å². The van der Waals surface area contributed by atoms with E-state index in [1.807, 2.05) is 20.8 Å². The minimum atomic E-state index is 0.230. The Kier molecular flexibility index (Phi) is 14.1. The number of allylic oxidation sites excluding steroid dienone is 2. The summed E-state index contributed by atoms with van der Waals surface area (Å²) in [5.41, 5.74) is 2.58. The summed E-state index contributed by atoms with van der Waals surface area (Å²) in [5.74, 6) is 1.80. The third-order valence-corrected chi connectivity index (χ3v) is 5.01. The van der Waals surface area contributed by atoms with E-state index in [1.54, 1.807) is 0 Å². The van der Waals surface area contributed by atoms with Crippen LogP contribution in [0.2, 0.25) is 0 Å². The topological polar surface area (TPSA) is 51.2 Å². The van der Waals surface area contributed by atoms with E-state index in [4.69, 9.17) is 0 Å². The van der Waals surface area contributed by atoms with Crippen molar-refractivity contribution in [2.75, 3.05) is 0 Å². The van der Waals surface area contributed by atoms with Gasteiger partial charge in [-0.1, -0.05) is 53.5 Å². The van der Waals surface area contributed by atoms with Gasteiger partial charge in [-0.15, -0.1) is 0 Å². The van der Waals surface area contributed by atoms with E-state index in [2.05, 4.69) is 20.8 Å². The summed E-state index contributed by atoms with van der Waals surface area (Å²) in [5, 5.41) is 0. The molecule has 0 saturated heterocycles. The zero-order valence-electron chi connectivity index (χ0n) is 18.7. The molecule has 0 N–H and O–H groups in total. The molecule has 0 aliphatic heterocycles. The second kappa shape index (κ2) is 14.8. The quantitative estimate of drug-likeness (QED) is 0.405. The summed E-state index contributed by atoms with van der Waals surface area (Å²) in [6.45, 7) is 12.5. The van der Waals surface area contributed by atoms with Gasteiger partial charge in [0.2, 0.25) is 0 Å². The molecule has 0 aromatic carbocycles. The minimum Gasteiger partial charge on any atom is -0.300 e. The fourth-order valence-corrected chi connectivity index (χ4v) is 3.87. The highest BCUT2D eigenvalue weighted by molar-refractivity contribution is 5.97. The highest BCUT2D eigenvalue weighted by Gasteiger charge is 2.22. The van der Waals surface area contributed by atoms with E-state index in [-0.39, 0.29) is 5.92 Å². The lowest BCUT2D eigenvalue weighted by Gasteiger charge is -2.23. The molecule has 1 rings (SSSR count). The van der Waals surface area contributed by atoms with Crippen molar-refractivity contribution in [3.8, 4) is 0 Å². The molecule has 0 fully saturated rings. The summed E-state index contributed by atoms with van der Waals surface area (Å²) in [7, 11) is 0. The van der Waals surface area contributed by atoms with E-state index in [0.29, 0.717) is 49.0 Å². The van der Waals surface area contributed by atoms with Crippen LogP contribution in [0, 0.1) is 11.8 Å². The van der Waals surface area contributed by atoms with Crippen LogP contribution in [0.25, 0.3) is 0 Å². The van der Waals surface area contributed by atoms with E-state index < -0.39 is 0 Å². The predicted molar refractivity (Wildman–Crippen MR) is 114 cm³/mol. The molecule has 0 radical (unpaired) electrons. The first-order valence-corrected chi connectivity index (χ1v) is 11.1. The van der Waals surface area contributed by atoms with Crippen molar-refractivity contribution in [2.24, 2.45) is 11.8 Å². The summed E-state index contributed by atoms with van der Waals surface area (Å²) >= 11 is 0. The Morgan fingerprint density at radius 1 is 0.926 bits per heavy atom. The van der Waals surface area contributed by atoms with Crippen molar-refractivity contribution < 1.29 is 14.4 Å². The fourth-order valence-electron chi connectivity index (χ4n) is 3.87. The lowest BCUT2D eigenvalue weighted by atomic mass is 9.81. The number of hydrogen-bond donors (Lipinski definition) is 0. The molecule has 0 aromatic rings. The van der Waals surface area contributed by atoms with E-state index in [0.717, 1.165) is 44.1 Å². The average Bonchev–Trinajstić information content (AvgIpc) is 2.55. The van der Waals surface area contributed by atoms with Gasteiger partial charge in [0.15, 0.2) is 5.78 Å². The first-order chi connectivity index (χ1) is 12.8. The molecule has 1 unspecified atom stereocenters. The van der Waals surface area contributed by atoms with E-state index in [1.165, 1.54) is 12.0 Å². The van der Waals surface area contributed by atoms with Crippen LogP contribution >= 0.6 is 0 Å². The second-order valence-electron chi connectivity index (χ2n) is 8.21. The molecule has 1 aliphatic carbocycles. The molecule has 0 heterocycles. The zero-order chi connectivity index (χ0) is 20.8. The monoisotopic (exact) mass is 378 g/mol. The Labute approximate surface area is 167 Å². The van der Waals surface area contributed by atoms with Gasteiger partial charge in [-0.05, 0) is 49.5 Å². The molecule has 0 saturated carbocycles. The lowest BCUT2D eigenvalue weighted by molar-refractivity contribution is -0.122. The number of carbonyl (C=O) groups is 3. The van der Waals surface area contributed by atoms with Crippen LogP contribution in [0.4, 0.5) is 0 Å². The predicted octanol–water partition coefficient (Wildman–Crippen LogP) is 6.63. The van der Waals surface area contributed by atoms with Crippen molar-refractivity contribution in [3.05, 3.63) is 11.1 Å². The molecule has 156 valence electrons. The van der Waals surface area contributed by atoms with Crippen molar-refractivity contribution >= 4 is 17.3 Å². The smallest absolute Gasteiger partial charge is 0.159 e. The third-order valence-electron chi connectivity index (χ3n) is 5.01. The van der Waals surface area contributed by atoms with Crippen LogP contribution in [-0.4, -0.2) is 17.3 Å². The number of ketones is 3. The largest absolute Gasteiger partial charge is 0.300 e. The van der Waals surface area contributed by atoms with Crippen LogP contribution < -0.4 is 0 Å². The van der Waals surface area contributed by atoms with Crippen LogP contribution in [-0.2, 0) is 14.4 Å². The Morgan fingerprint density at radius 2 is 1.44 bits per heavy atom.